The number of amides is 2. The summed E-state index contributed by atoms with van der Waals surface area (Å²) in [5.74, 6) is -3.31. The second-order valence-electron chi connectivity index (χ2n) is 14.5. The molecule has 1 saturated heterocycles. The van der Waals surface area contributed by atoms with E-state index in [9.17, 15) is 37.8 Å². The molecule has 12 nitrogen and oxygen atoms in total. The highest BCUT2D eigenvalue weighted by Gasteiger charge is 2.35. The zero-order chi connectivity index (χ0) is 39.8. The van der Waals surface area contributed by atoms with Crippen LogP contribution in [0.4, 0.5) is 17.1 Å². The average Bonchev–Trinajstić information content (AvgIpc) is 3.21. The lowest BCUT2D eigenvalue weighted by Crippen LogP contribution is -2.42. The lowest BCUT2D eigenvalue weighted by Gasteiger charge is -2.34. The number of rotatable bonds is 14. The topological polar surface area (TPSA) is 173 Å². The Morgan fingerprint density at radius 3 is 2.11 bits per heavy atom. The van der Waals surface area contributed by atoms with Crippen LogP contribution in [0.5, 0.6) is 0 Å². The number of carboxylic acids is 2. The number of nitrogens with one attached hydrogen (secondary N) is 2. The second-order valence-corrected chi connectivity index (χ2v) is 16.4. The first-order valence-corrected chi connectivity index (χ1v) is 20.6. The number of aliphatic carboxylic acids is 1. The van der Waals surface area contributed by atoms with Crippen LogP contribution in [0.15, 0.2) is 95.9 Å². The van der Waals surface area contributed by atoms with E-state index in [1.165, 1.54) is 28.6 Å². The summed E-state index contributed by atoms with van der Waals surface area (Å²) in [7, 11) is -4.01. The van der Waals surface area contributed by atoms with Crippen molar-refractivity contribution in [1.82, 2.24) is 4.31 Å². The monoisotopic (exact) mass is 780 g/mol. The molecule has 0 atom stereocenters. The highest BCUT2D eigenvalue weighted by atomic mass is 32.2. The molecule has 294 valence electrons. The number of hydrogen-bond donors (Lipinski definition) is 4. The zero-order valence-electron chi connectivity index (χ0n) is 31.4. The number of hydrogen-bond acceptors (Lipinski definition) is 7. The van der Waals surface area contributed by atoms with E-state index in [2.05, 4.69) is 15.5 Å². The van der Waals surface area contributed by atoms with Crippen molar-refractivity contribution in [3.8, 4) is 0 Å². The third kappa shape index (κ3) is 9.64. The maximum atomic E-state index is 14.0. The quantitative estimate of drug-likeness (QED) is 0.102. The van der Waals surface area contributed by atoms with Gasteiger partial charge in [-0.05, 0) is 130 Å². The Morgan fingerprint density at radius 2 is 1.43 bits per heavy atom. The molecule has 1 saturated carbocycles. The second kappa shape index (κ2) is 17.9. The van der Waals surface area contributed by atoms with Crippen LogP contribution in [0.2, 0.25) is 0 Å². The first kappa shape index (κ1) is 40.1. The van der Waals surface area contributed by atoms with Gasteiger partial charge in [0.2, 0.25) is 10.0 Å². The van der Waals surface area contributed by atoms with Crippen LogP contribution in [0.25, 0.3) is 0 Å². The maximum Gasteiger partial charge on any atom is 0.335 e. The molecule has 0 radical (unpaired) electrons. The molecular formula is C43H48N4O8S. The van der Waals surface area contributed by atoms with Crippen LogP contribution in [0.3, 0.4) is 0 Å². The van der Waals surface area contributed by atoms with Crippen LogP contribution in [0, 0.1) is 5.92 Å². The third-order valence-electron chi connectivity index (χ3n) is 10.8. The molecule has 0 aromatic heterocycles. The number of aromatic carboxylic acids is 1. The van der Waals surface area contributed by atoms with Crippen LogP contribution < -0.4 is 15.5 Å². The largest absolute Gasteiger partial charge is 0.481 e. The molecule has 0 unspecified atom stereocenters. The van der Waals surface area contributed by atoms with Gasteiger partial charge in [-0.15, -0.1) is 0 Å². The molecule has 2 aliphatic rings. The Balaban J connectivity index is 1.20. The smallest absolute Gasteiger partial charge is 0.335 e. The van der Waals surface area contributed by atoms with Crippen molar-refractivity contribution in [1.29, 1.82) is 0 Å². The predicted octanol–water partition coefficient (Wildman–Crippen LogP) is 7.32. The highest BCUT2D eigenvalue weighted by Crippen LogP contribution is 2.32. The van der Waals surface area contributed by atoms with E-state index in [1.807, 2.05) is 24.3 Å². The Hall–Kier alpha value is -5.53. The van der Waals surface area contributed by atoms with Crippen molar-refractivity contribution in [3.63, 3.8) is 0 Å². The molecule has 4 aromatic carbocycles. The van der Waals surface area contributed by atoms with Crippen LogP contribution in [0.1, 0.15) is 94.1 Å². The Labute approximate surface area is 327 Å². The number of piperidine rings is 1. The fourth-order valence-electron chi connectivity index (χ4n) is 7.65. The number of carboxylic acid groups (broad SMARTS) is 2. The van der Waals surface area contributed by atoms with E-state index in [-0.39, 0.29) is 39.9 Å². The van der Waals surface area contributed by atoms with Gasteiger partial charge in [0.15, 0.2) is 0 Å². The van der Waals surface area contributed by atoms with Gasteiger partial charge in [0.05, 0.1) is 27.6 Å². The Kier molecular flexibility index (Phi) is 12.9. The zero-order valence-corrected chi connectivity index (χ0v) is 32.3. The third-order valence-corrected chi connectivity index (χ3v) is 12.8. The summed E-state index contributed by atoms with van der Waals surface area (Å²) in [5, 5.41) is 24.5. The molecule has 1 aliphatic carbocycles. The van der Waals surface area contributed by atoms with Crippen LogP contribution >= 0.6 is 0 Å². The number of aryl methyl sites for hydroxylation is 2. The molecule has 0 spiro atoms. The maximum absolute atomic E-state index is 14.0. The number of anilines is 3. The van der Waals surface area contributed by atoms with Gasteiger partial charge < -0.3 is 25.7 Å². The van der Waals surface area contributed by atoms with Crippen molar-refractivity contribution in [2.45, 2.75) is 75.6 Å². The van der Waals surface area contributed by atoms with Gasteiger partial charge in [-0.25, -0.2) is 13.2 Å². The fourth-order valence-corrected chi connectivity index (χ4v) is 9.39. The van der Waals surface area contributed by atoms with Gasteiger partial charge in [-0.2, -0.15) is 4.31 Å². The van der Waals surface area contributed by atoms with Gasteiger partial charge in [0.1, 0.15) is 0 Å². The van der Waals surface area contributed by atoms with E-state index >= 15 is 0 Å². The van der Waals surface area contributed by atoms with Crippen molar-refractivity contribution < 1.29 is 37.8 Å². The summed E-state index contributed by atoms with van der Waals surface area (Å²) >= 11 is 0. The number of carbonyl (C=O) groups excluding carboxylic acids is 2. The molecule has 4 aromatic rings. The van der Waals surface area contributed by atoms with Gasteiger partial charge in [-0.1, -0.05) is 37.3 Å². The lowest BCUT2D eigenvalue weighted by molar-refractivity contribution is -0.143. The SMILES string of the molecule is CCN(C1CCC(C(=O)O)CC1)S(=O)(=O)c1cccc(C(=O)Nc2ccc(N3CCCCC3)cc2C(=O)Nc2cccc(CCc3ccc(C(=O)O)cc3)c2)c1. The molecular weight excluding hydrogens is 733 g/mol. The Bertz CT molecular complexity index is 2180. The van der Waals surface area contributed by atoms with Gasteiger partial charge >= 0.3 is 11.9 Å². The molecule has 1 heterocycles. The summed E-state index contributed by atoms with van der Waals surface area (Å²) in [6, 6.07) is 25.1. The molecule has 6 rings (SSSR count). The number of nitrogens with zero attached hydrogens (tertiary/aromatic N) is 2. The molecule has 1 aliphatic heterocycles. The first-order chi connectivity index (χ1) is 26.9. The predicted molar refractivity (Wildman–Crippen MR) is 215 cm³/mol. The normalized spacial score (nSPS) is 17.3. The summed E-state index contributed by atoms with van der Waals surface area (Å²) in [6.45, 7) is 3.65. The summed E-state index contributed by atoms with van der Waals surface area (Å²) in [5.41, 5.74) is 4.26. The van der Waals surface area contributed by atoms with E-state index < -0.39 is 39.7 Å². The fraction of sp³-hybridized carbons (Fsp3) is 0.349. The van der Waals surface area contributed by atoms with E-state index in [4.69, 9.17) is 0 Å². The van der Waals surface area contributed by atoms with Gasteiger partial charge in [-0.3, -0.25) is 14.4 Å². The number of benzene rings is 4. The summed E-state index contributed by atoms with van der Waals surface area (Å²) in [6.07, 6.45) is 6.24. The van der Waals surface area contributed by atoms with E-state index in [1.54, 1.807) is 49.4 Å². The standard InChI is InChI=1S/C43H48N4O8S/c1-2-47(35-20-18-32(19-21-35)43(52)53)56(54,55)37-11-7-9-33(27-37)40(48)45-39-23-22-36(46-24-4-3-5-25-46)28-38(39)41(49)44-34-10-6-8-30(26-34)13-12-29-14-16-31(17-15-29)42(50)51/h6-11,14-17,22-23,26-28,32,35H,2-5,12-13,18-21,24-25H2,1H3,(H,44,49)(H,45,48)(H,50,51)(H,52,53). The minimum Gasteiger partial charge on any atom is -0.481 e. The molecule has 13 heteroatoms. The van der Waals surface area contributed by atoms with Gasteiger partial charge in [0, 0.05) is 42.6 Å². The Morgan fingerprint density at radius 1 is 0.732 bits per heavy atom. The van der Waals surface area contributed by atoms with Crippen LogP contribution in [-0.2, 0) is 27.7 Å². The lowest BCUT2D eigenvalue weighted by atomic mass is 9.86. The first-order valence-electron chi connectivity index (χ1n) is 19.2. The molecule has 0 bridgehead atoms. The minimum absolute atomic E-state index is 0.0390. The molecule has 56 heavy (non-hydrogen) atoms. The molecule has 2 amide bonds. The highest BCUT2D eigenvalue weighted by molar-refractivity contribution is 7.89. The summed E-state index contributed by atoms with van der Waals surface area (Å²) in [4.78, 5) is 52.7. The number of sulfonamides is 1. The number of carbonyl (C=O) groups is 4. The average molecular weight is 781 g/mol. The van der Waals surface area contributed by atoms with Crippen molar-refractivity contribution in [2.24, 2.45) is 5.92 Å². The van der Waals surface area contributed by atoms with Crippen LogP contribution in [-0.4, -0.2) is 72.4 Å². The van der Waals surface area contributed by atoms with Crippen molar-refractivity contribution in [3.05, 3.63) is 119 Å². The van der Waals surface area contributed by atoms with Crippen molar-refractivity contribution in [2.75, 3.05) is 35.2 Å². The van der Waals surface area contributed by atoms with E-state index in [0.717, 1.165) is 49.2 Å². The summed E-state index contributed by atoms with van der Waals surface area (Å²) < 4.78 is 29.2. The van der Waals surface area contributed by atoms with Gasteiger partial charge in [0.25, 0.3) is 11.8 Å². The molecule has 2 fully saturated rings. The molecule has 4 N–H and O–H groups in total. The minimum atomic E-state index is -4.01. The van der Waals surface area contributed by atoms with E-state index in [0.29, 0.717) is 44.2 Å². The van der Waals surface area contributed by atoms with Crippen molar-refractivity contribution >= 4 is 50.8 Å².